The maximum absolute atomic E-state index is 11.7. The van der Waals surface area contributed by atoms with Gasteiger partial charge in [0.2, 0.25) is 5.91 Å². The van der Waals surface area contributed by atoms with E-state index in [9.17, 15) is 4.79 Å². The van der Waals surface area contributed by atoms with Gasteiger partial charge in [-0.1, -0.05) is 13.8 Å². The molecule has 0 bridgehead atoms. The number of thioether (sulfide) groups is 1. The van der Waals surface area contributed by atoms with Crippen LogP contribution in [0.2, 0.25) is 0 Å². The van der Waals surface area contributed by atoms with Gasteiger partial charge in [-0.2, -0.15) is 0 Å². The summed E-state index contributed by atoms with van der Waals surface area (Å²) in [6.45, 7) is 5.14. The number of hydrogen-bond donors (Lipinski definition) is 0. The van der Waals surface area contributed by atoms with Crippen molar-refractivity contribution >= 4 is 17.7 Å². The minimum atomic E-state index is 0.267. The van der Waals surface area contributed by atoms with Crippen LogP contribution >= 0.6 is 11.8 Å². The third kappa shape index (κ3) is 2.16. The van der Waals surface area contributed by atoms with Crippen molar-refractivity contribution in [2.24, 2.45) is 5.92 Å². The number of carbonyl (C=O) groups is 1. The second-order valence-corrected chi connectivity index (χ2v) is 4.23. The molecule has 0 spiro atoms. The highest BCUT2D eigenvalue weighted by Crippen LogP contribution is 2.19. The predicted molar refractivity (Wildman–Crippen MR) is 53.1 cm³/mol. The van der Waals surface area contributed by atoms with Crippen molar-refractivity contribution in [3.8, 4) is 0 Å². The van der Waals surface area contributed by atoms with E-state index in [0.717, 1.165) is 31.0 Å². The molecule has 0 radical (unpaired) electrons. The van der Waals surface area contributed by atoms with E-state index >= 15 is 0 Å². The smallest absolute Gasteiger partial charge is 0.226 e. The predicted octanol–water partition coefficient (Wildman–Crippen LogP) is 1.96. The summed E-state index contributed by atoms with van der Waals surface area (Å²) < 4.78 is 0. The molecular formula is C9H17NOS. The van der Waals surface area contributed by atoms with E-state index in [1.54, 1.807) is 0 Å². The highest BCUT2D eigenvalue weighted by molar-refractivity contribution is 7.99. The Morgan fingerprint density at radius 1 is 1.50 bits per heavy atom. The summed E-state index contributed by atoms with van der Waals surface area (Å²) in [5, 5.41) is 0. The molecule has 1 aliphatic rings. The molecule has 0 aromatic heterocycles. The molecule has 0 atom stereocenters. The molecule has 0 aromatic rings. The van der Waals surface area contributed by atoms with Crippen LogP contribution in [-0.2, 0) is 4.79 Å². The van der Waals surface area contributed by atoms with Gasteiger partial charge in [-0.05, 0) is 12.8 Å². The molecule has 1 aliphatic heterocycles. The van der Waals surface area contributed by atoms with Gasteiger partial charge in [0.1, 0.15) is 0 Å². The first-order valence-corrected chi connectivity index (χ1v) is 5.81. The molecule has 12 heavy (non-hydrogen) atoms. The Morgan fingerprint density at radius 3 is 2.58 bits per heavy atom. The van der Waals surface area contributed by atoms with Gasteiger partial charge in [-0.3, -0.25) is 4.79 Å². The zero-order valence-electron chi connectivity index (χ0n) is 7.88. The van der Waals surface area contributed by atoms with Gasteiger partial charge in [0.25, 0.3) is 0 Å². The SMILES string of the molecule is CCC(CC)C(=O)N1CCSC1. The van der Waals surface area contributed by atoms with Crippen molar-refractivity contribution < 1.29 is 4.79 Å². The van der Waals surface area contributed by atoms with Crippen LogP contribution in [0.15, 0.2) is 0 Å². The summed E-state index contributed by atoms with van der Waals surface area (Å²) in [7, 11) is 0. The van der Waals surface area contributed by atoms with E-state index in [1.807, 2.05) is 16.7 Å². The molecule has 1 amide bonds. The average molecular weight is 187 g/mol. The molecule has 0 aliphatic carbocycles. The quantitative estimate of drug-likeness (QED) is 0.673. The van der Waals surface area contributed by atoms with Crippen molar-refractivity contribution in [3.05, 3.63) is 0 Å². The van der Waals surface area contributed by atoms with Crippen molar-refractivity contribution in [1.82, 2.24) is 4.90 Å². The second-order valence-electron chi connectivity index (χ2n) is 3.15. The fourth-order valence-electron chi connectivity index (χ4n) is 1.48. The molecule has 0 aromatic carbocycles. The molecular weight excluding hydrogens is 170 g/mol. The van der Waals surface area contributed by atoms with Gasteiger partial charge in [0.05, 0.1) is 5.88 Å². The average Bonchev–Trinajstić information content (AvgIpc) is 2.58. The lowest BCUT2D eigenvalue weighted by atomic mass is 10.0. The lowest BCUT2D eigenvalue weighted by Gasteiger charge is -2.20. The zero-order valence-corrected chi connectivity index (χ0v) is 8.69. The number of hydrogen-bond acceptors (Lipinski definition) is 2. The maximum atomic E-state index is 11.7. The van der Waals surface area contributed by atoms with E-state index in [2.05, 4.69) is 13.8 Å². The summed E-state index contributed by atoms with van der Waals surface area (Å²) in [6.07, 6.45) is 1.97. The molecule has 1 heterocycles. The molecule has 1 fully saturated rings. The second kappa shape index (κ2) is 4.75. The summed E-state index contributed by atoms with van der Waals surface area (Å²) in [5.74, 6) is 2.66. The Kier molecular flexibility index (Phi) is 3.92. The van der Waals surface area contributed by atoms with Gasteiger partial charge < -0.3 is 4.90 Å². The van der Waals surface area contributed by atoms with E-state index in [4.69, 9.17) is 0 Å². The lowest BCUT2D eigenvalue weighted by Crippen LogP contribution is -2.33. The Labute approximate surface area is 78.7 Å². The molecule has 1 rings (SSSR count). The highest BCUT2D eigenvalue weighted by Gasteiger charge is 2.23. The Morgan fingerprint density at radius 2 is 2.17 bits per heavy atom. The fraction of sp³-hybridized carbons (Fsp3) is 0.889. The van der Waals surface area contributed by atoms with Crippen molar-refractivity contribution in [2.75, 3.05) is 18.2 Å². The Bertz CT molecular complexity index is 147. The fourth-order valence-corrected chi connectivity index (χ4v) is 2.44. The van der Waals surface area contributed by atoms with Gasteiger partial charge in [0, 0.05) is 18.2 Å². The first-order chi connectivity index (χ1) is 5.79. The molecule has 3 heteroatoms. The Balaban J connectivity index is 2.43. The monoisotopic (exact) mass is 187 g/mol. The van der Waals surface area contributed by atoms with Crippen molar-refractivity contribution in [2.45, 2.75) is 26.7 Å². The van der Waals surface area contributed by atoms with E-state index in [-0.39, 0.29) is 5.92 Å². The topological polar surface area (TPSA) is 20.3 Å². The van der Waals surface area contributed by atoms with Gasteiger partial charge in [-0.25, -0.2) is 0 Å². The number of carbonyl (C=O) groups excluding carboxylic acids is 1. The molecule has 70 valence electrons. The van der Waals surface area contributed by atoms with Crippen LogP contribution in [-0.4, -0.2) is 29.0 Å². The first-order valence-electron chi connectivity index (χ1n) is 4.66. The number of nitrogens with zero attached hydrogens (tertiary/aromatic N) is 1. The standard InChI is InChI=1S/C9H17NOS/c1-3-8(4-2)9(11)10-5-6-12-7-10/h8H,3-7H2,1-2H3. The van der Waals surface area contributed by atoms with Gasteiger partial charge in [-0.15, -0.1) is 11.8 Å². The van der Waals surface area contributed by atoms with Crippen LogP contribution in [0.5, 0.6) is 0 Å². The first kappa shape index (κ1) is 9.90. The van der Waals surface area contributed by atoms with Crippen LogP contribution in [0.4, 0.5) is 0 Å². The zero-order chi connectivity index (χ0) is 8.97. The molecule has 0 N–H and O–H groups in total. The molecule has 1 saturated heterocycles. The van der Waals surface area contributed by atoms with Gasteiger partial charge >= 0.3 is 0 Å². The van der Waals surface area contributed by atoms with Crippen molar-refractivity contribution in [3.63, 3.8) is 0 Å². The summed E-state index contributed by atoms with van der Waals surface area (Å²) in [6, 6.07) is 0. The van der Waals surface area contributed by atoms with E-state index in [0.29, 0.717) is 5.91 Å². The van der Waals surface area contributed by atoms with Crippen LogP contribution in [0.1, 0.15) is 26.7 Å². The molecule has 2 nitrogen and oxygen atoms in total. The van der Waals surface area contributed by atoms with E-state index in [1.165, 1.54) is 0 Å². The third-order valence-corrected chi connectivity index (χ3v) is 3.36. The summed E-state index contributed by atoms with van der Waals surface area (Å²) >= 11 is 1.85. The molecule has 0 unspecified atom stereocenters. The third-order valence-electron chi connectivity index (χ3n) is 2.40. The Hall–Kier alpha value is -0.180. The maximum Gasteiger partial charge on any atom is 0.226 e. The van der Waals surface area contributed by atoms with Crippen LogP contribution in [0.3, 0.4) is 0 Å². The minimum absolute atomic E-state index is 0.267. The number of rotatable bonds is 3. The van der Waals surface area contributed by atoms with Crippen LogP contribution in [0.25, 0.3) is 0 Å². The minimum Gasteiger partial charge on any atom is -0.332 e. The van der Waals surface area contributed by atoms with E-state index < -0.39 is 0 Å². The van der Waals surface area contributed by atoms with Crippen molar-refractivity contribution in [1.29, 1.82) is 0 Å². The molecule has 0 saturated carbocycles. The largest absolute Gasteiger partial charge is 0.332 e. The van der Waals surface area contributed by atoms with Crippen LogP contribution < -0.4 is 0 Å². The summed E-state index contributed by atoms with van der Waals surface area (Å²) in [5.41, 5.74) is 0. The van der Waals surface area contributed by atoms with Crippen LogP contribution in [0, 0.1) is 5.92 Å². The van der Waals surface area contributed by atoms with Gasteiger partial charge in [0.15, 0.2) is 0 Å². The lowest BCUT2D eigenvalue weighted by molar-refractivity contribution is -0.134. The number of amides is 1. The normalized spacial score (nSPS) is 17.4. The highest BCUT2D eigenvalue weighted by atomic mass is 32.2. The summed E-state index contributed by atoms with van der Waals surface area (Å²) in [4.78, 5) is 13.7.